The van der Waals surface area contributed by atoms with E-state index in [0.717, 1.165) is 39.4 Å². The lowest BCUT2D eigenvalue weighted by atomic mass is 9.84. The van der Waals surface area contributed by atoms with Gasteiger partial charge in [-0.25, -0.2) is 26.4 Å². The largest absolute Gasteiger partial charge is 0.501 e. The molecule has 0 radical (unpaired) electrons. The van der Waals surface area contributed by atoms with Gasteiger partial charge in [0.15, 0.2) is 0 Å². The summed E-state index contributed by atoms with van der Waals surface area (Å²) in [5.74, 6) is -0.942. The number of sulfone groups is 1. The first-order valence-electron chi connectivity index (χ1n) is 20.8. The van der Waals surface area contributed by atoms with Crippen molar-refractivity contribution in [1.82, 2.24) is 9.62 Å². The quantitative estimate of drug-likeness (QED) is 0.0737. The Labute approximate surface area is 384 Å². The Balaban J connectivity index is 1.04. The van der Waals surface area contributed by atoms with E-state index in [1.54, 1.807) is 42.5 Å². The molecule has 2 amide bonds. The summed E-state index contributed by atoms with van der Waals surface area (Å²) in [5.41, 5.74) is -3.03. The lowest BCUT2D eigenvalue weighted by Gasteiger charge is -2.36. The summed E-state index contributed by atoms with van der Waals surface area (Å²) < 4.78 is 97.6. The van der Waals surface area contributed by atoms with Crippen LogP contribution in [0.3, 0.4) is 0 Å². The number of sulfonamides is 1. The van der Waals surface area contributed by atoms with E-state index in [-0.39, 0.29) is 30.2 Å². The number of carbonyl (C=O) groups excluding carboxylic acids is 1. The molecule has 0 aromatic heterocycles. The van der Waals surface area contributed by atoms with Crippen molar-refractivity contribution in [3.63, 3.8) is 0 Å². The fourth-order valence-electron chi connectivity index (χ4n) is 8.34. The van der Waals surface area contributed by atoms with Gasteiger partial charge in [0.1, 0.15) is 4.90 Å². The molecule has 12 nitrogen and oxygen atoms in total. The molecule has 5 aromatic carbocycles. The van der Waals surface area contributed by atoms with E-state index in [2.05, 4.69) is 10.2 Å². The van der Waals surface area contributed by atoms with Gasteiger partial charge < -0.3 is 25.3 Å². The minimum absolute atomic E-state index is 0.0341. The fraction of sp³-hybridized carbons (Fsp3) is 0.304. The SMILES string of the molecule is O=C(NS(=O)(=O)c1ccc(N[C@@H](CSc2ccccc2)CC2CCCN2C(=O)O)c(S(=O)(=O)C(F)(F)F)c1)c1ccc(N2CCC([C@@H](O)c3ccccc3-c3ccc(Cl)cc3)CC2)cc1. The monoisotopic (exact) mass is 970 g/mol. The summed E-state index contributed by atoms with van der Waals surface area (Å²) in [7, 11) is -11.1. The van der Waals surface area contributed by atoms with E-state index in [0.29, 0.717) is 49.9 Å². The lowest BCUT2D eigenvalue weighted by molar-refractivity contribution is -0.0436. The van der Waals surface area contributed by atoms with Gasteiger partial charge in [-0.2, -0.15) is 13.2 Å². The van der Waals surface area contributed by atoms with Crippen LogP contribution in [-0.4, -0.2) is 86.9 Å². The fourth-order valence-corrected chi connectivity index (χ4v) is 11.4. The number of hydrogen-bond donors (Lipinski definition) is 4. The second-order valence-electron chi connectivity index (χ2n) is 15.9. The standard InChI is InChI=1S/C46H46ClF3N4O8S3/c47-33-16-12-30(13-17-33)39-10-4-5-11-40(39)43(55)31-22-25-53(26-23-31)35-18-14-32(15-19-35)44(56)52-65(61,62)38-20-21-41(42(28-38)64(59,60)46(48,49)50)51-34(29-63-37-8-2-1-3-9-37)27-36-7-6-24-54(36)45(57)58/h1-5,8-21,28,31,34,36,43,51,55H,6-7,22-27,29H2,(H,52,56)(H,57,58)/t34-,36?,43-/m1/s1. The Morgan fingerprint density at radius 3 is 2.15 bits per heavy atom. The molecule has 0 saturated carbocycles. The van der Waals surface area contributed by atoms with E-state index >= 15 is 0 Å². The Bertz CT molecular complexity index is 2710. The molecule has 0 aliphatic carbocycles. The number of hydrogen-bond acceptors (Lipinski definition) is 10. The average Bonchev–Trinajstić information content (AvgIpc) is 3.77. The Morgan fingerprint density at radius 2 is 1.49 bits per heavy atom. The molecule has 0 spiro atoms. The Hall–Kier alpha value is -5.27. The number of carboxylic acid groups (broad SMARTS) is 1. The van der Waals surface area contributed by atoms with Crippen molar-refractivity contribution in [2.24, 2.45) is 5.92 Å². The number of alkyl halides is 3. The lowest BCUT2D eigenvalue weighted by Crippen LogP contribution is -2.39. The van der Waals surface area contributed by atoms with Crippen LogP contribution in [0.15, 0.2) is 136 Å². The van der Waals surface area contributed by atoms with E-state index in [1.165, 1.54) is 28.8 Å². The minimum atomic E-state index is -6.16. The Kier molecular flexibility index (Phi) is 14.7. The summed E-state index contributed by atoms with van der Waals surface area (Å²) in [5, 5.41) is 24.7. The number of likely N-dealkylation sites (tertiary alicyclic amines) is 1. The van der Waals surface area contributed by atoms with Crippen molar-refractivity contribution in [3.8, 4) is 11.1 Å². The molecule has 2 aliphatic rings. The van der Waals surface area contributed by atoms with Crippen molar-refractivity contribution in [1.29, 1.82) is 0 Å². The van der Waals surface area contributed by atoms with Gasteiger partial charge in [-0.3, -0.25) is 4.79 Å². The molecule has 3 atom stereocenters. The van der Waals surface area contributed by atoms with E-state index in [9.17, 15) is 49.8 Å². The molecule has 7 rings (SSSR count). The average molecular weight is 972 g/mol. The molecule has 2 saturated heterocycles. The number of aliphatic hydroxyl groups excluding tert-OH is 1. The van der Waals surface area contributed by atoms with Gasteiger partial charge in [0, 0.05) is 58.6 Å². The highest BCUT2D eigenvalue weighted by molar-refractivity contribution is 7.99. The van der Waals surface area contributed by atoms with Crippen LogP contribution in [0.2, 0.25) is 5.02 Å². The molecule has 0 bridgehead atoms. The number of thioether (sulfide) groups is 1. The highest BCUT2D eigenvalue weighted by Crippen LogP contribution is 2.39. The van der Waals surface area contributed by atoms with E-state index in [1.807, 2.05) is 53.3 Å². The number of nitrogens with one attached hydrogen (secondary N) is 2. The molecule has 344 valence electrons. The molecular formula is C46H46ClF3N4O8S3. The van der Waals surface area contributed by atoms with Gasteiger partial charge >= 0.3 is 11.6 Å². The Morgan fingerprint density at radius 1 is 0.831 bits per heavy atom. The number of anilines is 2. The number of carbonyl (C=O) groups is 2. The summed E-state index contributed by atoms with van der Waals surface area (Å²) in [6.45, 7) is 1.45. The molecule has 2 aliphatic heterocycles. The van der Waals surface area contributed by atoms with E-state index in [4.69, 9.17) is 11.6 Å². The first-order valence-corrected chi connectivity index (χ1v) is 25.1. The third kappa shape index (κ3) is 11.2. The van der Waals surface area contributed by atoms with E-state index < -0.39 is 71.0 Å². The second-order valence-corrected chi connectivity index (χ2v) is 21.0. The van der Waals surface area contributed by atoms with Gasteiger partial charge in [-0.15, -0.1) is 11.8 Å². The van der Waals surface area contributed by atoms with Crippen LogP contribution < -0.4 is 14.9 Å². The number of nitrogens with zero attached hydrogens (tertiary/aromatic N) is 2. The molecule has 4 N–H and O–H groups in total. The summed E-state index contributed by atoms with van der Waals surface area (Å²) >= 11 is 7.41. The number of halogens is 4. The zero-order valence-electron chi connectivity index (χ0n) is 34.7. The van der Waals surface area contributed by atoms with Crippen molar-refractivity contribution in [2.75, 3.05) is 35.6 Å². The number of piperidine rings is 1. The van der Waals surface area contributed by atoms with Gasteiger partial charge in [0.05, 0.1) is 16.7 Å². The minimum Gasteiger partial charge on any atom is -0.465 e. The second kappa shape index (κ2) is 20.1. The third-order valence-electron chi connectivity index (χ3n) is 11.7. The highest BCUT2D eigenvalue weighted by atomic mass is 35.5. The smallest absolute Gasteiger partial charge is 0.465 e. The maximum Gasteiger partial charge on any atom is 0.501 e. The zero-order chi connectivity index (χ0) is 46.5. The van der Waals surface area contributed by atoms with Crippen molar-refractivity contribution < 1.29 is 49.8 Å². The number of amides is 2. The molecule has 19 heteroatoms. The van der Waals surface area contributed by atoms with Gasteiger partial charge in [0.2, 0.25) is 0 Å². The molecule has 2 heterocycles. The number of aliphatic hydroxyl groups is 1. The molecule has 2 fully saturated rings. The van der Waals surface area contributed by atoms with Crippen molar-refractivity contribution >= 4 is 66.6 Å². The number of benzene rings is 5. The molecule has 5 aromatic rings. The van der Waals surface area contributed by atoms with Crippen molar-refractivity contribution in [3.05, 3.63) is 137 Å². The molecule has 65 heavy (non-hydrogen) atoms. The van der Waals surface area contributed by atoms with Crippen LogP contribution in [-0.2, 0) is 19.9 Å². The first kappa shape index (κ1) is 47.7. The maximum absolute atomic E-state index is 14.2. The van der Waals surface area contributed by atoms with Crippen molar-refractivity contribution in [2.45, 2.75) is 70.5 Å². The maximum atomic E-state index is 14.2. The van der Waals surface area contributed by atoms with Gasteiger partial charge in [0.25, 0.3) is 25.8 Å². The summed E-state index contributed by atoms with van der Waals surface area (Å²) in [6.07, 6.45) is 0.623. The normalized spacial score (nSPS) is 17.1. The van der Waals surface area contributed by atoms with Crippen LogP contribution in [0, 0.1) is 5.92 Å². The summed E-state index contributed by atoms with van der Waals surface area (Å²) in [6, 6.07) is 31.1. The topological polar surface area (TPSA) is 173 Å². The van der Waals surface area contributed by atoms with Crippen LogP contribution in [0.25, 0.3) is 11.1 Å². The molecule has 1 unspecified atom stereocenters. The van der Waals surface area contributed by atoms with Crippen LogP contribution >= 0.6 is 23.4 Å². The van der Waals surface area contributed by atoms with Gasteiger partial charge in [-0.1, -0.05) is 66.2 Å². The van der Waals surface area contributed by atoms with Crippen LogP contribution in [0.5, 0.6) is 0 Å². The van der Waals surface area contributed by atoms with Gasteiger partial charge in [-0.05, 0) is 121 Å². The predicted octanol–water partition coefficient (Wildman–Crippen LogP) is 9.47. The zero-order valence-corrected chi connectivity index (χ0v) is 37.9. The van der Waals surface area contributed by atoms with Crippen LogP contribution in [0.4, 0.5) is 29.3 Å². The highest BCUT2D eigenvalue weighted by Gasteiger charge is 2.48. The van der Waals surface area contributed by atoms with Crippen LogP contribution in [0.1, 0.15) is 54.1 Å². The third-order valence-corrected chi connectivity index (χ3v) is 16.0. The predicted molar refractivity (Wildman–Crippen MR) is 245 cm³/mol. The first-order chi connectivity index (χ1) is 30.9. The summed E-state index contributed by atoms with van der Waals surface area (Å²) in [4.78, 5) is 27.1. The molecular weight excluding hydrogens is 925 g/mol. The number of rotatable bonds is 15.